The number of fused-ring (bicyclic) bond motifs is 1. The molecular weight excluding hydrogens is 190 g/mol. The van der Waals surface area contributed by atoms with Crippen LogP contribution in [0.2, 0.25) is 0 Å². The molecule has 0 radical (unpaired) electrons. The van der Waals surface area contributed by atoms with E-state index in [9.17, 15) is 4.79 Å². The first-order valence-electron chi connectivity index (χ1n) is 4.69. The smallest absolute Gasteiger partial charge is 0.258 e. The molecule has 2 aromatic rings. The molecule has 0 spiro atoms. The third-order valence-corrected chi connectivity index (χ3v) is 2.77. The Kier molecular flexibility index (Phi) is 1.93. The van der Waals surface area contributed by atoms with Gasteiger partial charge in [0.1, 0.15) is 0 Å². The molecule has 4 heteroatoms. The second-order valence-corrected chi connectivity index (χ2v) is 3.70. The highest BCUT2D eigenvalue weighted by molar-refractivity contribution is 5.99. The van der Waals surface area contributed by atoms with Crippen molar-refractivity contribution in [2.75, 3.05) is 11.5 Å². The minimum absolute atomic E-state index is 0.182. The van der Waals surface area contributed by atoms with Gasteiger partial charge in [-0.05, 0) is 30.9 Å². The van der Waals surface area contributed by atoms with Crippen molar-refractivity contribution in [1.29, 1.82) is 0 Å². The predicted octanol–water partition coefficient (Wildman–Crippen LogP) is 1.31. The van der Waals surface area contributed by atoms with Crippen LogP contribution < -0.4 is 17.0 Å². The Hall–Kier alpha value is -1.97. The molecule has 0 aliphatic carbocycles. The van der Waals surface area contributed by atoms with E-state index in [1.54, 1.807) is 6.07 Å². The van der Waals surface area contributed by atoms with Crippen molar-refractivity contribution in [3.63, 3.8) is 0 Å². The maximum atomic E-state index is 11.7. The van der Waals surface area contributed by atoms with E-state index in [0.717, 1.165) is 16.6 Å². The van der Waals surface area contributed by atoms with E-state index >= 15 is 0 Å². The summed E-state index contributed by atoms with van der Waals surface area (Å²) in [5, 5.41) is 1.35. The molecule has 0 atom stereocenters. The Morgan fingerprint density at radius 2 is 1.87 bits per heavy atom. The normalized spacial score (nSPS) is 10.8. The van der Waals surface area contributed by atoms with Gasteiger partial charge >= 0.3 is 0 Å². The van der Waals surface area contributed by atoms with Gasteiger partial charge in [-0.25, -0.2) is 0 Å². The van der Waals surface area contributed by atoms with E-state index in [2.05, 4.69) is 4.98 Å². The lowest BCUT2D eigenvalue weighted by Crippen LogP contribution is -2.12. The van der Waals surface area contributed by atoms with Gasteiger partial charge in [-0.3, -0.25) is 4.79 Å². The fourth-order valence-corrected chi connectivity index (χ4v) is 1.72. The minimum atomic E-state index is -0.182. The van der Waals surface area contributed by atoms with Crippen LogP contribution in [0.1, 0.15) is 11.3 Å². The van der Waals surface area contributed by atoms with Crippen molar-refractivity contribution in [2.24, 2.45) is 0 Å². The number of hydrogen-bond donors (Lipinski definition) is 3. The zero-order valence-electron chi connectivity index (χ0n) is 8.72. The van der Waals surface area contributed by atoms with Crippen molar-refractivity contribution in [3.8, 4) is 0 Å². The summed E-state index contributed by atoms with van der Waals surface area (Å²) in [5.41, 5.74) is 14.0. The molecule has 0 saturated heterocycles. The van der Waals surface area contributed by atoms with Crippen LogP contribution >= 0.6 is 0 Å². The van der Waals surface area contributed by atoms with E-state index in [0.29, 0.717) is 16.8 Å². The molecular formula is C11H13N3O. The molecule has 0 amide bonds. The maximum absolute atomic E-state index is 11.7. The van der Waals surface area contributed by atoms with Crippen molar-refractivity contribution >= 4 is 22.1 Å². The highest BCUT2D eigenvalue weighted by Crippen LogP contribution is 2.26. The van der Waals surface area contributed by atoms with Gasteiger partial charge in [-0.2, -0.15) is 0 Å². The third-order valence-electron chi connectivity index (χ3n) is 2.77. The van der Waals surface area contributed by atoms with Crippen LogP contribution in [0.5, 0.6) is 0 Å². The summed E-state index contributed by atoms with van der Waals surface area (Å²) in [5.74, 6) is 0. The minimum Gasteiger partial charge on any atom is -0.397 e. The zero-order valence-corrected chi connectivity index (χ0v) is 8.72. The average molecular weight is 203 g/mol. The number of aromatic nitrogens is 1. The SMILES string of the molecule is Cc1[nH]c(=O)c2c(N)c(N)ccc2c1C. The lowest BCUT2D eigenvalue weighted by Gasteiger charge is -2.08. The van der Waals surface area contributed by atoms with Crippen LogP contribution in [0.4, 0.5) is 11.4 Å². The number of pyridine rings is 1. The summed E-state index contributed by atoms with van der Waals surface area (Å²) in [4.78, 5) is 14.5. The van der Waals surface area contributed by atoms with E-state index in [-0.39, 0.29) is 5.56 Å². The molecule has 0 unspecified atom stereocenters. The number of rotatable bonds is 0. The van der Waals surface area contributed by atoms with Crippen LogP contribution in [-0.4, -0.2) is 4.98 Å². The summed E-state index contributed by atoms with van der Waals surface area (Å²) in [6.45, 7) is 3.81. The van der Waals surface area contributed by atoms with Crippen LogP contribution in [0, 0.1) is 13.8 Å². The number of aromatic amines is 1. The lowest BCUT2D eigenvalue weighted by atomic mass is 10.0. The van der Waals surface area contributed by atoms with Gasteiger partial charge < -0.3 is 16.5 Å². The van der Waals surface area contributed by atoms with Gasteiger partial charge in [-0.1, -0.05) is 6.07 Å². The Morgan fingerprint density at radius 3 is 2.53 bits per heavy atom. The Labute approximate surface area is 86.9 Å². The number of nitrogen functional groups attached to an aromatic ring is 2. The van der Waals surface area contributed by atoms with E-state index in [4.69, 9.17) is 11.5 Å². The molecule has 0 bridgehead atoms. The molecule has 0 aliphatic heterocycles. The van der Waals surface area contributed by atoms with Crippen LogP contribution in [0.3, 0.4) is 0 Å². The second kappa shape index (κ2) is 3.02. The van der Waals surface area contributed by atoms with Gasteiger partial charge in [0.2, 0.25) is 0 Å². The molecule has 15 heavy (non-hydrogen) atoms. The van der Waals surface area contributed by atoms with Gasteiger partial charge in [0.25, 0.3) is 5.56 Å². The highest BCUT2D eigenvalue weighted by atomic mass is 16.1. The van der Waals surface area contributed by atoms with Crippen molar-refractivity contribution in [2.45, 2.75) is 13.8 Å². The summed E-state index contributed by atoms with van der Waals surface area (Å²) in [7, 11) is 0. The molecule has 0 aliphatic rings. The number of nitrogens with one attached hydrogen (secondary N) is 1. The first kappa shape index (κ1) is 9.58. The lowest BCUT2D eigenvalue weighted by molar-refractivity contribution is 1.13. The first-order chi connectivity index (χ1) is 7.02. The fourth-order valence-electron chi connectivity index (χ4n) is 1.72. The fraction of sp³-hybridized carbons (Fsp3) is 0.182. The summed E-state index contributed by atoms with van der Waals surface area (Å²) >= 11 is 0. The summed E-state index contributed by atoms with van der Waals surface area (Å²) in [6, 6.07) is 3.56. The molecule has 1 heterocycles. The molecule has 0 fully saturated rings. The average Bonchev–Trinajstić information content (AvgIpc) is 2.18. The number of benzene rings is 1. The van der Waals surface area contributed by atoms with Crippen molar-refractivity contribution in [3.05, 3.63) is 33.7 Å². The van der Waals surface area contributed by atoms with E-state index < -0.39 is 0 Å². The van der Waals surface area contributed by atoms with Crippen molar-refractivity contribution < 1.29 is 0 Å². The second-order valence-electron chi connectivity index (χ2n) is 3.70. The predicted molar refractivity (Wildman–Crippen MR) is 62.9 cm³/mol. The molecule has 78 valence electrons. The summed E-state index contributed by atoms with van der Waals surface area (Å²) in [6.07, 6.45) is 0. The molecule has 1 aromatic heterocycles. The maximum Gasteiger partial charge on any atom is 0.258 e. The zero-order chi connectivity index (χ0) is 11.2. The Morgan fingerprint density at radius 1 is 1.20 bits per heavy atom. The standard InChI is InChI=1S/C11H13N3O/c1-5-6(2)14-11(15)9-7(5)3-4-8(12)10(9)13/h3-4H,12-13H2,1-2H3,(H,14,15). The van der Waals surface area contributed by atoms with E-state index in [1.165, 1.54) is 0 Å². The number of hydrogen-bond acceptors (Lipinski definition) is 3. The molecule has 0 saturated carbocycles. The quantitative estimate of drug-likeness (QED) is 0.564. The Bertz CT molecular complexity index is 599. The number of nitrogens with two attached hydrogens (primary N) is 2. The third kappa shape index (κ3) is 1.26. The molecule has 5 N–H and O–H groups in total. The molecule has 1 aromatic carbocycles. The number of aryl methyl sites for hydroxylation is 2. The van der Waals surface area contributed by atoms with Gasteiger partial charge in [0.05, 0.1) is 16.8 Å². The monoisotopic (exact) mass is 203 g/mol. The summed E-state index contributed by atoms with van der Waals surface area (Å²) < 4.78 is 0. The Balaban J connectivity index is 3.10. The van der Waals surface area contributed by atoms with Crippen LogP contribution in [0.15, 0.2) is 16.9 Å². The number of H-pyrrole nitrogens is 1. The molecule has 2 rings (SSSR count). The number of anilines is 2. The largest absolute Gasteiger partial charge is 0.397 e. The topological polar surface area (TPSA) is 84.9 Å². The van der Waals surface area contributed by atoms with Crippen molar-refractivity contribution in [1.82, 2.24) is 4.98 Å². The first-order valence-corrected chi connectivity index (χ1v) is 4.69. The molecule has 4 nitrogen and oxygen atoms in total. The van der Waals surface area contributed by atoms with Gasteiger partial charge in [0.15, 0.2) is 0 Å². The van der Waals surface area contributed by atoms with E-state index in [1.807, 2.05) is 19.9 Å². The highest BCUT2D eigenvalue weighted by Gasteiger charge is 2.09. The van der Waals surface area contributed by atoms with Gasteiger partial charge in [-0.15, -0.1) is 0 Å². The van der Waals surface area contributed by atoms with Gasteiger partial charge in [0, 0.05) is 5.69 Å². The van der Waals surface area contributed by atoms with Crippen LogP contribution in [0.25, 0.3) is 10.8 Å². The van der Waals surface area contributed by atoms with Crippen LogP contribution in [-0.2, 0) is 0 Å².